The molecule has 0 amide bonds. The van der Waals surface area contributed by atoms with Crippen LogP contribution < -0.4 is 4.90 Å². The molecular weight excluding hydrogens is 655 g/mol. The number of nitrogens with zero attached hydrogens (tertiary/aromatic N) is 1. The Labute approximate surface area is 326 Å². The van der Waals surface area contributed by atoms with Gasteiger partial charge in [0.15, 0.2) is 0 Å². The predicted octanol–water partition coefficient (Wildman–Crippen LogP) is 14.9. The minimum absolute atomic E-state index is 0.0225. The second-order valence-corrected chi connectivity index (χ2v) is 13.1. The third-order valence-corrected chi connectivity index (χ3v) is 9.82. The van der Waals surface area contributed by atoms with Gasteiger partial charge in [0.2, 0.25) is 0 Å². The highest BCUT2D eigenvalue weighted by Gasteiger charge is 2.22. The van der Waals surface area contributed by atoms with E-state index in [0.717, 1.165) is 33.4 Å². The Morgan fingerprint density at radius 1 is 0.407 bits per heavy atom. The topological polar surface area (TPSA) is 16.4 Å². The molecule has 0 saturated heterocycles. The molecule has 0 unspecified atom stereocenters. The summed E-state index contributed by atoms with van der Waals surface area (Å²) in [6.45, 7) is 0. The Hall–Kier alpha value is -7.16. The first-order chi connectivity index (χ1) is 30.1. The molecule has 0 spiro atoms. The van der Waals surface area contributed by atoms with Crippen molar-refractivity contribution in [2.75, 3.05) is 4.90 Å². The molecule has 0 atom stereocenters. The zero-order chi connectivity index (χ0) is 42.8. The number of benzene rings is 9. The van der Waals surface area contributed by atoms with E-state index in [0.29, 0.717) is 16.9 Å². The lowest BCUT2D eigenvalue weighted by atomic mass is 9.94. The summed E-state index contributed by atoms with van der Waals surface area (Å²) in [4.78, 5) is 1.86. The number of fused-ring (bicyclic) bond motifs is 5. The average Bonchev–Trinajstić information content (AvgIpc) is 3.72. The van der Waals surface area contributed by atoms with Crippen LogP contribution in [0.4, 0.5) is 17.1 Å². The summed E-state index contributed by atoms with van der Waals surface area (Å²) >= 11 is 0. The van der Waals surface area contributed by atoms with E-state index >= 15 is 0 Å². The Balaban J connectivity index is 1.38. The van der Waals surface area contributed by atoms with Gasteiger partial charge >= 0.3 is 0 Å². The van der Waals surface area contributed by atoms with Crippen molar-refractivity contribution in [3.8, 4) is 44.5 Å². The van der Waals surface area contributed by atoms with Crippen molar-refractivity contribution >= 4 is 49.8 Å². The first kappa shape index (κ1) is 24.2. The number of anilines is 3. The largest absolute Gasteiger partial charge is 0.455 e. The van der Waals surface area contributed by atoms with E-state index in [1.54, 1.807) is 0 Å². The molecule has 0 fully saturated rings. The van der Waals surface area contributed by atoms with Gasteiger partial charge in [0.1, 0.15) is 11.2 Å². The normalized spacial score (nSPS) is 13.4. The summed E-state index contributed by atoms with van der Waals surface area (Å²) in [7, 11) is 0. The summed E-state index contributed by atoms with van der Waals surface area (Å²) < 4.78 is 81.2. The molecule has 0 bridgehead atoms. The number of rotatable bonds is 7. The van der Waals surface area contributed by atoms with Crippen LogP contribution >= 0.6 is 0 Å². The fourth-order valence-corrected chi connectivity index (χ4v) is 7.29. The van der Waals surface area contributed by atoms with E-state index in [9.17, 15) is 5.48 Å². The molecule has 1 aromatic heterocycles. The summed E-state index contributed by atoms with van der Waals surface area (Å²) in [6, 6.07) is 50.0. The van der Waals surface area contributed by atoms with E-state index in [4.69, 9.17) is 9.90 Å². The minimum atomic E-state index is -0.485. The second kappa shape index (κ2) is 13.4. The fourth-order valence-electron chi connectivity index (χ4n) is 7.29. The van der Waals surface area contributed by atoms with Crippen LogP contribution in [0.25, 0.3) is 77.2 Å². The van der Waals surface area contributed by atoms with E-state index < -0.39 is 12.1 Å². The molecule has 0 N–H and O–H groups in total. The van der Waals surface area contributed by atoms with Gasteiger partial charge < -0.3 is 9.32 Å². The molecule has 2 heteroatoms. The molecule has 0 radical (unpaired) electrons. The molecular formula is C52H35NO. The lowest BCUT2D eigenvalue weighted by Crippen LogP contribution is -2.11. The highest BCUT2D eigenvalue weighted by molar-refractivity contribution is 6.22. The lowest BCUT2D eigenvalue weighted by molar-refractivity contribution is 0.673. The highest BCUT2D eigenvalue weighted by Crippen LogP contribution is 2.47. The van der Waals surface area contributed by atoms with Crippen LogP contribution in [0.1, 0.15) is 11.0 Å². The van der Waals surface area contributed by atoms with Gasteiger partial charge in [0.25, 0.3) is 0 Å². The van der Waals surface area contributed by atoms with Crippen molar-refractivity contribution in [2.45, 2.75) is 0 Å². The molecule has 10 aromatic rings. The van der Waals surface area contributed by atoms with E-state index in [1.807, 2.05) is 169 Å². The minimum Gasteiger partial charge on any atom is -0.455 e. The number of hydrogen-bond acceptors (Lipinski definition) is 2. The Morgan fingerprint density at radius 2 is 0.907 bits per heavy atom. The van der Waals surface area contributed by atoms with Crippen LogP contribution in [0, 0.1) is 0 Å². The molecule has 0 aliphatic carbocycles. The number of hydrogen-bond donors (Lipinski definition) is 0. The molecule has 2 nitrogen and oxygen atoms in total. The zero-order valence-corrected chi connectivity index (χ0v) is 28.9. The average molecular weight is 698 g/mol. The molecule has 9 aromatic carbocycles. The maximum Gasteiger partial charge on any atom is 0.143 e. The Morgan fingerprint density at radius 3 is 1.50 bits per heavy atom. The van der Waals surface area contributed by atoms with Crippen LogP contribution in [0.3, 0.4) is 0 Å². The molecule has 0 aliphatic rings. The summed E-state index contributed by atoms with van der Waals surface area (Å²) in [5.74, 6) is 0. The first-order valence-electron chi connectivity index (χ1n) is 21.8. The van der Waals surface area contributed by atoms with E-state index in [2.05, 4.69) is 0 Å². The smallest absolute Gasteiger partial charge is 0.143 e. The van der Waals surface area contributed by atoms with Crippen molar-refractivity contribution in [2.24, 2.45) is 0 Å². The quantitative estimate of drug-likeness (QED) is 0.165. The van der Waals surface area contributed by atoms with Crippen LogP contribution in [0.15, 0.2) is 217 Å². The van der Waals surface area contributed by atoms with Gasteiger partial charge in [-0.1, -0.05) is 170 Å². The standard InChI is InChI=1S/C52H35NO/c1-4-16-36(17-5-1)39-22-12-25-42(32-39)45-30-15-31-50-51(45)48-35-49(46-28-10-11-29-47(46)52(48)54-50)53(43-26-13-23-40(33-43)37-18-6-2-7-19-37)44-27-14-24-41(34-44)38-20-8-3-9-21-38/h1-35H/i10D,11D,15D,28D,29D,30D,31D,35D. The molecule has 1 heterocycles. The lowest BCUT2D eigenvalue weighted by Gasteiger charge is -2.28. The SMILES string of the molecule is [2H]c1c([2H])c(-c2cccc(-c3ccccc3)c2)c2c(oc3c4c([2H])c([2H])c([2H])c([2H])c4c(N(c4cccc(-c5ccccc5)c4)c4cccc(-c5ccccc5)c4)c([2H])c32)c1[2H]. The summed E-state index contributed by atoms with van der Waals surface area (Å²) in [6.07, 6.45) is 0. The summed E-state index contributed by atoms with van der Waals surface area (Å²) in [5, 5.41) is 0.489. The molecule has 254 valence electrons. The fraction of sp³-hybridized carbons (Fsp3) is 0. The molecule has 10 rings (SSSR count). The van der Waals surface area contributed by atoms with Gasteiger partial charge in [0.05, 0.1) is 16.7 Å². The maximum absolute atomic E-state index is 10.4. The van der Waals surface area contributed by atoms with Crippen molar-refractivity contribution in [1.82, 2.24) is 0 Å². The highest BCUT2D eigenvalue weighted by atomic mass is 16.3. The van der Waals surface area contributed by atoms with Crippen molar-refractivity contribution in [1.29, 1.82) is 0 Å². The van der Waals surface area contributed by atoms with Crippen molar-refractivity contribution < 1.29 is 15.4 Å². The molecule has 54 heavy (non-hydrogen) atoms. The monoisotopic (exact) mass is 697 g/mol. The van der Waals surface area contributed by atoms with Crippen molar-refractivity contribution in [3.63, 3.8) is 0 Å². The van der Waals surface area contributed by atoms with Crippen LogP contribution in [-0.2, 0) is 0 Å². The zero-order valence-electron chi connectivity index (χ0n) is 36.9. The van der Waals surface area contributed by atoms with Gasteiger partial charge in [-0.25, -0.2) is 0 Å². The third kappa shape index (κ3) is 5.62. The van der Waals surface area contributed by atoms with Crippen LogP contribution in [0.2, 0.25) is 0 Å². The maximum atomic E-state index is 10.4. The van der Waals surface area contributed by atoms with Gasteiger partial charge in [0, 0.05) is 32.9 Å². The Bertz CT molecular complexity index is 3310. The van der Waals surface area contributed by atoms with Gasteiger partial charge in [-0.2, -0.15) is 0 Å². The van der Waals surface area contributed by atoms with Crippen molar-refractivity contribution in [3.05, 3.63) is 212 Å². The van der Waals surface area contributed by atoms with Gasteiger partial charge in [-0.15, -0.1) is 0 Å². The molecule has 0 aliphatic heterocycles. The third-order valence-electron chi connectivity index (χ3n) is 9.82. The second-order valence-electron chi connectivity index (χ2n) is 13.1. The summed E-state index contributed by atoms with van der Waals surface area (Å²) in [5.41, 5.74) is 7.68. The van der Waals surface area contributed by atoms with E-state index in [1.165, 1.54) is 0 Å². The number of furan rings is 1. The van der Waals surface area contributed by atoms with Crippen LogP contribution in [-0.4, -0.2) is 0 Å². The molecule has 0 saturated carbocycles. The van der Waals surface area contributed by atoms with Crippen LogP contribution in [0.5, 0.6) is 0 Å². The van der Waals surface area contributed by atoms with Gasteiger partial charge in [-0.05, 0) is 86.9 Å². The van der Waals surface area contributed by atoms with Gasteiger partial charge in [-0.3, -0.25) is 0 Å². The predicted molar refractivity (Wildman–Crippen MR) is 228 cm³/mol. The Kier molecular flexibility index (Phi) is 6.01. The first-order valence-corrected chi connectivity index (χ1v) is 17.8. The van der Waals surface area contributed by atoms with E-state index in [-0.39, 0.29) is 80.2 Å².